The van der Waals surface area contributed by atoms with Gasteiger partial charge in [0.05, 0.1) is 6.61 Å². The minimum atomic E-state index is -0.738. The number of rotatable bonds is 9. The highest BCUT2D eigenvalue weighted by Gasteiger charge is 2.30. The summed E-state index contributed by atoms with van der Waals surface area (Å²) in [5.41, 5.74) is 0.519. The molecule has 0 atom stereocenters. The molecular weight excluding hydrogens is 426 g/mol. The highest BCUT2D eigenvalue weighted by atomic mass is 19.2. The second-order valence-corrected chi connectivity index (χ2v) is 10.7. The van der Waals surface area contributed by atoms with Gasteiger partial charge in [0.2, 0.25) is 0 Å². The maximum Gasteiger partial charge on any atom is 0.167 e. The Bertz CT molecular complexity index is 950. The monoisotopic (exact) mass is 468 g/mol. The van der Waals surface area contributed by atoms with Crippen LogP contribution in [-0.4, -0.2) is 6.61 Å². The highest BCUT2D eigenvalue weighted by molar-refractivity contribution is 5.85. The molecule has 4 rings (SSSR count). The number of unbranched alkanes of at least 4 members (excludes halogenated alkanes) is 1. The number of benzene rings is 2. The van der Waals surface area contributed by atoms with Gasteiger partial charge in [-0.3, -0.25) is 0 Å². The van der Waals surface area contributed by atoms with Gasteiger partial charge in [0, 0.05) is 5.39 Å². The lowest BCUT2D eigenvalue weighted by molar-refractivity contribution is 0.152. The van der Waals surface area contributed by atoms with Crippen LogP contribution in [0.5, 0.6) is 5.75 Å². The molecule has 0 unspecified atom stereocenters. The maximum absolute atomic E-state index is 14.8. The van der Waals surface area contributed by atoms with Gasteiger partial charge in [-0.2, -0.15) is 0 Å². The van der Waals surface area contributed by atoms with E-state index in [9.17, 15) is 8.78 Å². The predicted molar refractivity (Wildman–Crippen MR) is 138 cm³/mol. The van der Waals surface area contributed by atoms with Crippen LogP contribution >= 0.6 is 0 Å². The van der Waals surface area contributed by atoms with E-state index in [0.29, 0.717) is 35.6 Å². The lowest BCUT2D eigenvalue weighted by Gasteiger charge is -2.37. The minimum Gasteiger partial charge on any atom is -0.494 e. The number of aryl methyl sites for hydroxylation is 1. The van der Waals surface area contributed by atoms with E-state index in [4.69, 9.17) is 4.74 Å². The first-order chi connectivity index (χ1) is 16.6. The quantitative estimate of drug-likeness (QED) is 0.333. The van der Waals surface area contributed by atoms with Crippen molar-refractivity contribution >= 4 is 10.8 Å². The Labute approximate surface area is 205 Å². The van der Waals surface area contributed by atoms with Gasteiger partial charge >= 0.3 is 0 Å². The van der Waals surface area contributed by atoms with Gasteiger partial charge in [-0.15, -0.1) is 0 Å². The van der Waals surface area contributed by atoms with Gasteiger partial charge in [-0.1, -0.05) is 44.4 Å². The lowest BCUT2D eigenvalue weighted by atomic mass is 9.68. The summed E-state index contributed by atoms with van der Waals surface area (Å²) in [6.07, 6.45) is 19.5. The van der Waals surface area contributed by atoms with Crippen LogP contribution in [0, 0.1) is 35.3 Å². The zero-order valence-electron chi connectivity index (χ0n) is 21.1. The van der Waals surface area contributed by atoms with Crippen molar-refractivity contribution in [1.82, 2.24) is 0 Å². The molecule has 1 nitrogen and oxygen atoms in total. The summed E-state index contributed by atoms with van der Waals surface area (Å²) in [6.45, 7) is 4.63. The van der Waals surface area contributed by atoms with Crippen molar-refractivity contribution in [3.8, 4) is 5.75 Å². The molecule has 2 aromatic carbocycles. The summed E-state index contributed by atoms with van der Waals surface area (Å²) in [7, 11) is 0. The van der Waals surface area contributed by atoms with Gasteiger partial charge in [-0.05, 0) is 118 Å². The fourth-order valence-corrected chi connectivity index (χ4v) is 6.37. The highest BCUT2D eigenvalue weighted by Crippen LogP contribution is 2.42. The van der Waals surface area contributed by atoms with Gasteiger partial charge < -0.3 is 4.74 Å². The van der Waals surface area contributed by atoms with E-state index in [1.807, 2.05) is 25.1 Å². The standard InChI is InChI=1S/C31H42F2O/c1-3-5-6-7-22-8-13-24(14-9-22)25-15-10-23(11-16-25)12-17-27-20-26-18-19-28(34-4-2)21-29(26)31(33)30(27)32/h6-7,18-25H,3-5,8-17H2,1-2H3/b7-6+. The van der Waals surface area contributed by atoms with Crippen molar-refractivity contribution in [3.05, 3.63) is 53.6 Å². The molecule has 2 aliphatic carbocycles. The van der Waals surface area contributed by atoms with Crippen LogP contribution in [0.3, 0.4) is 0 Å². The van der Waals surface area contributed by atoms with E-state index in [-0.39, 0.29) is 0 Å². The molecule has 0 heterocycles. The van der Waals surface area contributed by atoms with Crippen molar-refractivity contribution in [2.75, 3.05) is 6.61 Å². The average molecular weight is 469 g/mol. The van der Waals surface area contributed by atoms with Crippen LogP contribution in [-0.2, 0) is 6.42 Å². The Morgan fingerprint density at radius 2 is 1.59 bits per heavy atom. The zero-order valence-corrected chi connectivity index (χ0v) is 21.1. The van der Waals surface area contributed by atoms with Crippen LogP contribution in [0.15, 0.2) is 36.4 Å². The summed E-state index contributed by atoms with van der Waals surface area (Å²) in [5.74, 6) is 2.40. The molecule has 2 aliphatic rings. The number of hydrogen-bond acceptors (Lipinski definition) is 1. The van der Waals surface area contributed by atoms with E-state index in [2.05, 4.69) is 19.1 Å². The molecule has 186 valence electrons. The van der Waals surface area contributed by atoms with Crippen LogP contribution in [0.1, 0.15) is 90.0 Å². The summed E-state index contributed by atoms with van der Waals surface area (Å²) in [4.78, 5) is 0. The molecule has 2 saturated carbocycles. The normalized spacial score (nSPS) is 25.8. The van der Waals surface area contributed by atoms with Crippen LogP contribution < -0.4 is 4.74 Å². The number of allylic oxidation sites excluding steroid dienone is 2. The molecule has 0 aromatic heterocycles. The molecule has 0 radical (unpaired) electrons. The second kappa shape index (κ2) is 12.2. The molecule has 0 amide bonds. The topological polar surface area (TPSA) is 9.23 Å². The molecule has 0 N–H and O–H groups in total. The Balaban J connectivity index is 1.26. The van der Waals surface area contributed by atoms with Crippen molar-refractivity contribution in [1.29, 1.82) is 0 Å². The van der Waals surface area contributed by atoms with Crippen molar-refractivity contribution < 1.29 is 13.5 Å². The Kier molecular flexibility index (Phi) is 9.03. The lowest BCUT2D eigenvalue weighted by Crippen LogP contribution is -2.25. The number of ether oxygens (including phenoxy) is 1. The number of hydrogen-bond donors (Lipinski definition) is 0. The smallest absolute Gasteiger partial charge is 0.167 e. The third-order valence-corrected chi connectivity index (χ3v) is 8.44. The predicted octanol–water partition coefficient (Wildman–Crippen LogP) is 9.42. The van der Waals surface area contributed by atoms with Gasteiger partial charge in [0.15, 0.2) is 11.6 Å². The third kappa shape index (κ3) is 6.20. The largest absolute Gasteiger partial charge is 0.494 e. The Morgan fingerprint density at radius 1 is 0.882 bits per heavy atom. The Hall–Kier alpha value is -1.90. The summed E-state index contributed by atoms with van der Waals surface area (Å²) >= 11 is 0. The average Bonchev–Trinajstić information content (AvgIpc) is 2.87. The van der Waals surface area contributed by atoms with E-state index >= 15 is 0 Å². The van der Waals surface area contributed by atoms with E-state index in [1.165, 1.54) is 64.2 Å². The molecule has 0 aliphatic heterocycles. The summed E-state index contributed by atoms with van der Waals surface area (Å²) in [6, 6.07) is 7.12. The van der Waals surface area contributed by atoms with Gasteiger partial charge in [0.25, 0.3) is 0 Å². The van der Waals surface area contributed by atoms with Gasteiger partial charge in [0.1, 0.15) is 5.75 Å². The molecule has 2 fully saturated rings. The number of fused-ring (bicyclic) bond motifs is 1. The SMILES string of the molecule is CCC/C=C/C1CCC(C2CCC(CCc3cc4ccc(OCC)cc4c(F)c3F)CC2)CC1. The van der Waals surface area contributed by atoms with Crippen molar-refractivity contribution in [3.63, 3.8) is 0 Å². The second-order valence-electron chi connectivity index (χ2n) is 10.7. The first-order valence-corrected chi connectivity index (χ1v) is 13.8. The van der Waals surface area contributed by atoms with Crippen molar-refractivity contribution in [2.45, 2.75) is 90.9 Å². The molecule has 34 heavy (non-hydrogen) atoms. The molecule has 0 spiro atoms. The first-order valence-electron chi connectivity index (χ1n) is 13.8. The molecular formula is C31H42F2O. The summed E-state index contributed by atoms with van der Waals surface area (Å²) < 4.78 is 35.0. The Morgan fingerprint density at radius 3 is 2.26 bits per heavy atom. The first kappa shape index (κ1) is 25.2. The van der Waals surface area contributed by atoms with Crippen LogP contribution in [0.4, 0.5) is 8.78 Å². The van der Waals surface area contributed by atoms with E-state index in [1.54, 1.807) is 6.07 Å². The third-order valence-electron chi connectivity index (χ3n) is 8.44. The van der Waals surface area contributed by atoms with Crippen LogP contribution in [0.25, 0.3) is 10.8 Å². The molecule has 2 aromatic rings. The maximum atomic E-state index is 14.8. The summed E-state index contributed by atoms with van der Waals surface area (Å²) in [5, 5.41) is 1.06. The number of halogens is 2. The van der Waals surface area contributed by atoms with Crippen molar-refractivity contribution in [2.24, 2.45) is 23.7 Å². The molecule has 0 bridgehead atoms. The molecule has 0 saturated heterocycles. The zero-order chi connectivity index (χ0) is 23.9. The van der Waals surface area contributed by atoms with Crippen LogP contribution in [0.2, 0.25) is 0 Å². The van der Waals surface area contributed by atoms with E-state index < -0.39 is 11.6 Å². The fourth-order valence-electron chi connectivity index (χ4n) is 6.37. The van der Waals surface area contributed by atoms with Gasteiger partial charge in [-0.25, -0.2) is 8.78 Å². The molecule has 3 heteroatoms. The minimum absolute atomic E-state index is 0.309. The van der Waals surface area contributed by atoms with E-state index in [0.717, 1.165) is 29.6 Å². The fraction of sp³-hybridized carbons (Fsp3) is 0.613.